The molecule has 0 unspecified atom stereocenters. The lowest BCUT2D eigenvalue weighted by molar-refractivity contribution is 0.138. The third-order valence-corrected chi connectivity index (χ3v) is 6.77. The third kappa shape index (κ3) is 6.19. The van der Waals surface area contributed by atoms with Gasteiger partial charge in [0.2, 0.25) is 0 Å². The van der Waals surface area contributed by atoms with Gasteiger partial charge in [0.25, 0.3) is 5.56 Å². The molecule has 202 valence electrons. The molecule has 38 heavy (non-hydrogen) atoms. The number of nitrogens with zero attached hydrogens (tertiary/aromatic N) is 4. The number of hydrogen-bond acceptors (Lipinski definition) is 7. The minimum Gasteiger partial charge on any atom is -0.374 e. The molecule has 3 aromatic heterocycles. The second-order valence-electron chi connectivity index (χ2n) is 10.3. The lowest BCUT2D eigenvalue weighted by Gasteiger charge is -2.18. The summed E-state index contributed by atoms with van der Waals surface area (Å²) in [6.07, 6.45) is 0.740. The predicted octanol–water partition coefficient (Wildman–Crippen LogP) is 3.42. The number of fused-ring (bicyclic) bond motifs is 1. The van der Waals surface area contributed by atoms with Crippen LogP contribution < -0.4 is 16.2 Å². The number of benzene rings is 1. The molecule has 0 fully saturated rings. The van der Waals surface area contributed by atoms with Crippen LogP contribution in [0.2, 0.25) is 0 Å². The number of aromatic nitrogens is 4. The summed E-state index contributed by atoms with van der Waals surface area (Å²) in [5, 5.41) is 23.0. The SMILES string of the molecule is CNCCN(C)Cc1cccc(-c2cc([C@@H](O)NCc3c(C)cc(C)[nH]c3=O)c3cnn(C(C)C)c3n2)c1. The van der Waals surface area contributed by atoms with Crippen LogP contribution in [0.3, 0.4) is 0 Å². The third-order valence-electron chi connectivity index (χ3n) is 6.77. The summed E-state index contributed by atoms with van der Waals surface area (Å²) in [5.41, 5.74) is 6.48. The second-order valence-corrected chi connectivity index (χ2v) is 10.3. The fourth-order valence-electron chi connectivity index (χ4n) is 4.73. The van der Waals surface area contributed by atoms with Crippen molar-refractivity contribution in [3.63, 3.8) is 0 Å². The Hall–Kier alpha value is -3.37. The number of nitrogens with one attached hydrogen (secondary N) is 3. The Balaban J connectivity index is 1.69. The summed E-state index contributed by atoms with van der Waals surface area (Å²) in [7, 11) is 4.06. The van der Waals surface area contributed by atoms with Gasteiger partial charge in [-0.25, -0.2) is 9.67 Å². The fourth-order valence-corrected chi connectivity index (χ4v) is 4.73. The summed E-state index contributed by atoms with van der Waals surface area (Å²) in [6.45, 7) is 10.8. The van der Waals surface area contributed by atoms with E-state index in [0.717, 1.165) is 47.5 Å². The molecule has 0 spiro atoms. The van der Waals surface area contributed by atoms with Gasteiger partial charge in [0, 0.05) is 60.0 Å². The Kier molecular flexibility index (Phi) is 8.73. The smallest absolute Gasteiger partial charge is 0.252 e. The van der Waals surface area contributed by atoms with Crippen molar-refractivity contribution in [2.75, 3.05) is 27.2 Å². The van der Waals surface area contributed by atoms with Gasteiger partial charge in [-0.3, -0.25) is 10.1 Å². The molecule has 0 aliphatic carbocycles. The normalized spacial score (nSPS) is 12.7. The van der Waals surface area contributed by atoms with Crippen molar-refractivity contribution in [3.05, 3.63) is 80.9 Å². The van der Waals surface area contributed by atoms with Crippen molar-refractivity contribution in [1.82, 2.24) is 35.3 Å². The molecule has 9 heteroatoms. The topological polar surface area (TPSA) is 111 Å². The van der Waals surface area contributed by atoms with E-state index in [4.69, 9.17) is 4.98 Å². The molecule has 1 aromatic carbocycles. The molecule has 0 radical (unpaired) electrons. The number of aliphatic hydroxyl groups is 1. The molecular weight excluding hydrogens is 478 g/mol. The fraction of sp³-hybridized carbons (Fsp3) is 0.414. The van der Waals surface area contributed by atoms with Crippen LogP contribution in [-0.2, 0) is 13.1 Å². The maximum absolute atomic E-state index is 12.5. The lowest BCUT2D eigenvalue weighted by Crippen LogP contribution is -2.27. The van der Waals surface area contributed by atoms with Crippen molar-refractivity contribution in [2.24, 2.45) is 0 Å². The zero-order valence-electron chi connectivity index (χ0n) is 23.2. The van der Waals surface area contributed by atoms with Gasteiger partial charge < -0.3 is 20.3 Å². The van der Waals surface area contributed by atoms with Crippen LogP contribution in [0.4, 0.5) is 0 Å². The van der Waals surface area contributed by atoms with E-state index in [9.17, 15) is 9.90 Å². The molecular formula is C29H39N7O2. The zero-order chi connectivity index (χ0) is 27.4. The standard InChI is InChI=1S/C29H39N7O2/c1-18(2)36-27-25(16-32-36)23(28(37)31-15-24-19(3)12-20(4)33-29(24)38)14-26(34-27)22-9-7-8-21(13-22)17-35(6)11-10-30-5/h7-9,12-14,16,18,28,30-31,37H,10-11,15,17H2,1-6H3,(H,33,38)/t28-/m1/s1. The van der Waals surface area contributed by atoms with Crippen LogP contribution >= 0.6 is 0 Å². The van der Waals surface area contributed by atoms with Crippen molar-refractivity contribution in [3.8, 4) is 11.3 Å². The highest BCUT2D eigenvalue weighted by atomic mass is 16.3. The summed E-state index contributed by atoms with van der Waals surface area (Å²) < 4.78 is 1.87. The molecule has 4 aromatic rings. The quantitative estimate of drug-likeness (QED) is 0.226. The van der Waals surface area contributed by atoms with E-state index >= 15 is 0 Å². The summed E-state index contributed by atoms with van der Waals surface area (Å²) in [5.74, 6) is 0. The van der Waals surface area contributed by atoms with E-state index in [1.165, 1.54) is 5.56 Å². The second kappa shape index (κ2) is 12.0. The maximum atomic E-state index is 12.5. The number of aromatic amines is 1. The average molecular weight is 518 g/mol. The van der Waals surface area contributed by atoms with Crippen LogP contribution in [0.15, 0.2) is 47.4 Å². The first-order valence-corrected chi connectivity index (χ1v) is 13.1. The predicted molar refractivity (Wildman–Crippen MR) is 152 cm³/mol. The number of H-pyrrole nitrogens is 1. The Morgan fingerprint density at radius 2 is 1.97 bits per heavy atom. The Morgan fingerprint density at radius 3 is 2.68 bits per heavy atom. The zero-order valence-corrected chi connectivity index (χ0v) is 23.2. The molecule has 9 nitrogen and oxygen atoms in total. The number of likely N-dealkylation sites (N-methyl/N-ethyl adjacent to an activating group) is 2. The first-order chi connectivity index (χ1) is 18.2. The van der Waals surface area contributed by atoms with E-state index in [1.807, 2.05) is 49.8 Å². The van der Waals surface area contributed by atoms with Gasteiger partial charge in [0.15, 0.2) is 5.65 Å². The largest absolute Gasteiger partial charge is 0.374 e. The average Bonchev–Trinajstić information content (AvgIpc) is 3.30. The van der Waals surface area contributed by atoms with Crippen LogP contribution in [0.5, 0.6) is 0 Å². The van der Waals surface area contributed by atoms with E-state index in [0.29, 0.717) is 16.8 Å². The van der Waals surface area contributed by atoms with Gasteiger partial charge in [-0.05, 0) is 71.1 Å². The minimum absolute atomic E-state index is 0.106. The first-order valence-electron chi connectivity index (χ1n) is 13.1. The molecule has 0 aliphatic rings. The molecule has 3 heterocycles. The molecule has 0 saturated carbocycles. The number of aliphatic hydroxyl groups excluding tert-OH is 1. The highest BCUT2D eigenvalue weighted by Gasteiger charge is 2.20. The summed E-state index contributed by atoms with van der Waals surface area (Å²) >= 11 is 0. The van der Waals surface area contributed by atoms with Gasteiger partial charge in [0.05, 0.1) is 11.9 Å². The van der Waals surface area contributed by atoms with Gasteiger partial charge in [0.1, 0.15) is 6.23 Å². The number of hydrogen-bond donors (Lipinski definition) is 4. The van der Waals surface area contributed by atoms with Crippen LogP contribution in [0.25, 0.3) is 22.3 Å². The summed E-state index contributed by atoms with van der Waals surface area (Å²) in [6, 6.07) is 12.3. The van der Waals surface area contributed by atoms with E-state index in [-0.39, 0.29) is 18.1 Å². The van der Waals surface area contributed by atoms with Gasteiger partial charge in [-0.1, -0.05) is 18.2 Å². The van der Waals surface area contributed by atoms with E-state index in [2.05, 4.69) is 58.6 Å². The molecule has 1 atom stereocenters. The molecule has 0 aliphatic heterocycles. The van der Waals surface area contributed by atoms with Crippen LogP contribution in [0.1, 0.15) is 54.1 Å². The highest BCUT2D eigenvalue weighted by molar-refractivity contribution is 5.83. The summed E-state index contributed by atoms with van der Waals surface area (Å²) in [4.78, 5) is 22.6. The van der Waals surface area contributed by atoms with Crippen molar-refractivity contribution in [1.29, 1.82) is 0 Å². The molecule has 4 N–H and O–H groups in total. The number of aryl methyl sites for hydroxylation is 2. The van der Waals surface area contributed by atoms with Gasteiger partial charge >= 0.3 is 0 Å². The highest BCUT2D eigenvalue weighted by Crippen LogP contribution is 2.30. The molecule has 0 amide bonds. The van der Waals surface area contributed by atoms with E-state index < -0.39 is 6.23 Å². The number of pyridine rings is 2. The van der Waals surface area contributed by atoms with Crippen molar-refractivity contribution < 1.29 is 5.11 Å². The Bertz CT molecular complexity index is 1460. The molecule has 4 rings (SSSR count). The Labute approximate surface area is 223 Å². The molecule has 0 bridgehead atoms. The maximum Gasteiger partial charge on any atom is 0.252 e. The first kappa shape index (κ1) is 27.7. The van der Waals surface area contributed by atoms with Crippen LogP contribution in [-0.4, -0.2) is 56.9 Å². The Morgan fingerprint density at radius 1 is 1.18 bits per heavy atom. The van der Waals surface area contributed by atoms with E-state index in [1.54, 1.807) is 6.20 Å². The van der Waals surface area contributed by atoms with Gasteiger partial charge in [-0.15, -0.1) is 0 Å². The minimum atomic E-state index is -1.01. The number of rotatable bonds is 11. The van der Waals surface area contributed by atoms with Crippen molar-refractivity contribution in [2.45, 2.75) is 53.1 Å². The molecule has 0 saturated heterocycles. The monoisotopic (exact) mass is 517 g/mol. The van der Waals surface area contributed by atoms with Crippen LogP contribution in [0, 0.1) is 13.8 Å². The van der Waals surface area contributed by atoms with Crippen molar-refractivity contribution >= 4 is 11.0 Å². The van der Waals surface area contributed by atoms with Gasteiger partial charge in [-0.2, -0.15) is 5.10 Å². The lowest BCUT2D eigenvalue weighted by atomic mass is 10.0.